The Labute approximate surface area is 113 Å². The Kier molecular flexibility index (Phi) is 3.20. The van der Waals surface area contributed by atoms with Crippen LogP contribution in [0.3, 0.4) is 0 Å². The van der Waals surface area contributed by atoms with E-state index in [1.165, 1.54) is 6.07 Å². The van der Waals surface area contributed by atoms with Crippen LogP contribution in [0.2, 0.25) is 0 Å². The lowest BCUT2D eigenvalue weighted by Crippen LogP contribution is -1.90. The molecule has 0 spiro atoms. The van der Waals surface area contributed by atoms with Crippen LogP contribution < -0.4 is 0 Å². The Bertz CT molecular complexity index is 728. The smallest absolute Gasteiger partial charge is 0.231 e. The topological polar surface area (TPSA) is 51.8 Å². The second-order valence-corrected chi connectivity index (χ2v) is 4.18. The standard InChI is InChI=1S/C14H9F2N3O/c15-11-4-3-10(7-12(11)16)14-18-13(20-19-14)6-9-2-1-5-17-8-9/h1-5,7-8H,6H2. The molecule has 6 heteroatoms. The van der Waals surface area contributed by atoms with Gasteiger partial charge in [-0.25, -0.2) is 8.78 Å². The van der Waals surface area contributed by atoms with Crippen LogP contribution in [0.25, 0.3) is 11.4 Å². The van der Waals surface area contributed by atoms with Crippen molar-refractivity contribution >= 4 is 0 Å². The minimum absolute atomic E-state index is 0.225. The van der Waals surface area contributed by atoms with E-state index in [2.05, 4.69) is 15.1 Å². The summed E-state index contributed by atoms with van der Waals surface area (Å²) >= 11 is 0. The predicted molar refractivity (Wildman–Crippen MR) is 66.7 cm³/mol. The summed E-state index contributed by atoms with van der Waals surface area (Å²) in [7, 11) is 0. The summed E-state index contributed by atoms with van der Waals surface area (Å²) in [6.45, 7) is 0. The van der Waals surface area contributed by atoms with Gasteiger partial charge in [0.05, 0.1) is 6.42 Å². The molecule has 0 saturated carbocycles. The van der Waals surface area contributed by atoms with Crippen molar-refractivity contribution in [1.82, 2.24) is 15.1 Å². The molecule has 0 unspecified atom stereocenters. The first kappa shape index (κ1) is 12.4. The molecule has 20 heavy (non-hydrogen) atoms. The van der Waals surface area contributed by atoms with Gasteiger partial charge in [-0.3, -0.25) is 4.98 Å². The average molecular weight is 273 g/mol. The maximum absolute atomic E-state index is 13.1. The zero-order chi connectivity index (χ0) is 13.9. The number of hydrogen-bond donors (Lipinski definition) is 0. The summed E-state index contributed by atoms with van der Waals surface area (Å²) in [6, 6.07) is 7.16. The van der Waals surface area contributed by atoms with Gasteiger partial charge in [0.25, 0.3) is 0 Å². The van der Waals surface area contributed by atoms with Gasteiger partial charge in [0, 0.05) is 18.0 Å². The van der Waals surface area contributed by atoms with Crippen molar-refractivity contribution in [1.29, 1.82) is 0 Å². The number of nitrogens with zero attached hydrogens (tertiary/aromatic N) is 3. The molecule has 4 nitrogen and oxygen atoms in total. The zero-order valence-electron chi connectivity index (χ0n) is 10.3. The minimum atomic E-state index is -0.943. The van der Waals surface area contributed by atoms with E-state index >= 15 is 0 Å². The summed E-state index contributed by atoms with van der Waals surface area (Å²) in [5, 5.41) is 3.76. The van der Waals surface area contributed by atoms with Crippen LogP contribution in [0.4, 0.5) is 8.78 Å². The first-order valence-corrected chi connectivity index (χ1v) is 5.89. The molecular formula is C14H9F2N3O. The van der Waals surface area contributed by atoms with E-state index in [0.29, 0.717) is 17.9 Å². The highest BCUT2D eigenvalue weighted by atomic mass is 19.2. The largest absolute Gasteiger partial charge is 0.339 e. The van der Waals surface area contributed by atoms with Crippen molar-refractivity contribution in [2.45, 2.75) is 6.42 Å². The Morgan fingerprint density at radius 2 is 2.00 bits per heavy atom. The molecule has 0 fully saturated rings. The van der Waals surface area contributed by atoms with Gasteiger partial charge in [-0.05, 0) is 29.8 Å². The highest BCUT2D eigenvalue weighted by Gasteiger charge is 2.11. The SMILES string of the molecule is Fc1ccc(-c2noc(Cc3cccnc3)n2)cc1F. The molecule has 1 aromatic carbocycles. The fourth-order valence-corrected chi connectivity index (χ4v) is 1.76. The molecule has 0 aliphatic rings. The lowest BCUT2D eigenvalue weighted by atomic mass is 10.2. The number of hydrogen-bond acceptors (Lipinski definition) is 4. The predicted octanol–water partition coefficient (Wildman–Crippen LogP) is 3.00. The van der Waals surface area contributed by atoms with Crippen LogP contribution in [0, 0.1) is 11.6 Å². The maximum atomic E-state index is 13.1. The molecule has 3 aromatic rings. The molecular weight excluding hydrogens is 264 g/mol. The second kappa shape index (κ2) is 5.16. The van der Waals surface area contributed by atoms with Crippen LogP contribution in [0.5, 0.6) is 0 Å². The quantitative estimate of drug-likeness (QED) is 0.736. The van der Waals surface area contributed by atoms with Crippen LogP contribution in [0.15, 0.2) is 47.2 Å². The number of halogens is 2. The van der Waals surface area contributed by atoms with Crippen molar-refractivity contribution in [2.75, 3.05) is 0 Å². The van der Waals surface area contributed by atoms with Crippen LogP contribution in [0.1, 0.15) is 11.5 Å². The van der Waals surface area contributed by atoms with Crippen molar-refractivity contribution in [2.24, 2.45) is 0 Å². The Morgan fingerprint density at radius 1 is 1.10 bits per heavy atom. The fourth-order valence-electron chi connectivity index (χ4n) is 1.76. The van der Waals surface area contributed by atoms with Crippen molar-refractivity contribution in [3.63, 3.8) is 0 Å². The van der Waals surface area contributed by atoms with Crippen molar-refractivity contribution in [3.05, 3.63) is 65.8 Å². The van der Waals surface area contributed by atoms with E-state index in [1.807, 2.05) is 12.1 Å². The molecule has 0 bridgehead atoms. The van der Waals surface area contributed by atoms with E-state index in [9.17, 15) is 8.78 Å². The van der Waals surface area contributed by atoms with E-state index in [1.54, 1.807) is 12.4 Å². The molecule has 0 atom stereocenters. The van der Waals surface area contributed by atoms with Crippen molar-refractivity contribution < 1.29 is 13.3 Å². The normalized spacial score (nSPS) is 10.7. The molecule has 0 N–H and O–H groups in total. The lowest BCUT2D eigenvalue weighted by molar-refractivity contribution is 0.385. The summed E-state index contributed by atoms with van der Waals surface area (Å²) < 4.78 is 31.1. The monoisotopic (exact) mass is 273 g/mol. The Balaban J connectivity index is 1.84. The van der Waals surface area contributed by atoms with Gasteiger partial charge in [0.15, 0.2) is 11.6 Å². The van der Waals surface area contributed by atoms with Crippen molar-refractivity contribution in [3.8, 4) is 11.4 Å². The lowest BCUT2D eigenvalue weighted by Gasteiger charge is -1.95. The summed E-state index contributed by atoms with van der Waals surface area (Å²) in [5.41, 5.74) is 1.29. The first-order chi connectivity index (χ1) is 9.72. The third-order valence-electron chi connectivity index (χ3n) is 2.72. The van der Waals surface area contributed by atoms with E-state index in [0.717, 1.165) is 17.7 Å². The molecule has 0 aliphatic heterocycles. The third kappa shape index (κ3) is 2.54. The molecule has 100 valence electrons. The summed E-state index contributed by atoms with van der Waals surface area (Å²) in [4.78, 5) is 8.14. The molecule has 0 aliphatic carbocycles. The average Bonchev–Trinajstić information content (AvgIpc) is 2.91. The van der Waals surface area contributed by atoms with Crippen LogP contribution in [-0.4, -0.2) is 15.1 Å². The maximum Gasteiger partial charge on any atom is 0.231 e. The molecule has 0 amide bonds. The summed E-state index contributed by atoms with van der Waals surface area (Å²) in [5.74, 6) is -1.24. The van der Waals surface area contributed by atoms with Gasteiger partial charge >= 0.3 is 0 Å². The molecule has 2 aromatic heterocycles. The second-order valence-electron chi connectivity index (χ2n) is 4.18. The number of rotatable bonds is 3. The highest BCUT2D eigenvalue weighted by molar-refractivity contribution is 5.54. The number of pyridine rings is 1. The summed E-state index contributed by atoms with van der Waals surface area (Å²) in [6.07, 6.45) is 3.80. The van der Waals surface area contributed by atoms with Crippen LogP contribution >= 0.6 is 0 Å². The third-order valence-corrected chi connectivity index (χ3v) is 2.72. The fraction of sp³-hybridized carbons (Fsp3) is 0.0714. The van der Waals surface area contributed by atoms with E-state index < -0.39 is 11.6 Å². The van der Waals surface area contributed by atoms with Gasteiger partial charge in [-0.1, -0.05) is 11.2 Å². The number of benzene rings is 1. The Morgan fingerprint density at radius 3 is 2.75 bits per heavy atom. The zero-order valence-corrected chi connectivity index (χ0v) is 10.3. The van der Waals surface area contributed by atoms with Crippen LogP contribution in [-0.2, 0) is 6.42 Å². The van der Waals surface area contributed by atoms with E-state index in [4.69, 9.17) is 4.52 Å². The van der Waals surface area contributed by atoms with Gasteiger partial charge in [-0.2, -0.15) is 4.98 Å². The number of aromatic nitrogens is 3. The first-order valence-electron chi connectivity index (χ1n) is 5.89. The van der Waals surface area contributed by atoms with Gasteiger partial charge in [0.1, 0.15) is 0 Å². The minimum Gasteiger partial charge on any atom is -0.339 e. The Hall–Kier alpha value is -2.63. The molecule has 2 heterocycles. The van der Waals surface area contributed by atoms with E-state index in [-0.39, 0.29) is 5.82 Å². The highest BCUT2D eigenvalue weighted by Crippen LogP contribution is 2.19. The molecule has 0 radical (unpaired) electrons. The molecule has 3 rings (SSSR count). The van der Waals surface area contributed by atoms with Gasteiger partial charge in [0.2, 0.25) is 11.7 Å². The van der Waals surface area contributed by atoms with Gasteiger partial charge in [-0.15, -0.1) is 0 Å². The molecule has 0 saturated heterocycles. The van der Waals surface area contributed by atoms with Gasteiger partial charge < -0.3 is 4.52 Å².